The van der Waals surface area contributed by atoms with Gasteiger partial charge in [-0.15, -0.1) is 0 Å². The maximum atomic E-state index is 13.6. The summed E-state index contributed by atoms with van der Waals surface area (Å²) in [5.74, 6) is 0.857. The van der Waals surface area contributed by atoms with Gasteiger partial charge < -0.3 is 14.2 Å². The van der Waals surface area contributed by atoms with E-state index in [0.29, 0.717) is 38.7 Å². The fourth-order valence-corrected chi connectivity index (χ4v) is 4.86. The lowest BCUT2D eigenvalue weighted by Crippen LogP contribution is -2.39. The molecule has 0 saturated heterocycles. The molecule has 0 aliphatic carbocycles. The predicted octanol–water partition coefficient (Wildman–Crippen LogP) is 2.82. The van der Waals surface area contributed by atoms with Crippen molar-refractivity contribution in [3.8, 4) is 11.5 Å². The Balaban J connectivity index is 1.95. The molecule has 7 nitrogen and oxygen atoms in total. The van der Waals surface area contributed by atoms with Gasteiger partial charge in [0, 0.05) is 5.56 Å². The summed E-state index contributed by atoms with van der Waals surface area (Å²) in [7, 11) is 2.91. The summed E-state index contributed by atoms with van der Waals surface area (Å²) < 4.78 is 18.1. The van der Waals surface area contributed by atoms with Gasteiger partial charge in [-0.05, 0) is 43.7 Å². The minimum atomic E-state index is -0.663. The van der Waals surface area contributed by atoms with Crippen molar-refractivity contribution in [1.82, 2.24) is 4.57 Å². The lowest BCUT2D eigenvalue weighted by molar-refractivity contribution is -0.136. The minimum absolute atomic E-state index is 0.236. The first-order valence-corrected chi connectivity index (χ1v) is 11.3. The first-order valence-electron chi connectivity index (χ1n) is 10.4. The Kier molecular flexibility index (Phi) is 6.46. The molecule has 8 heteroatoms. The summed E-state index contributed by atoms with van der Waals surface area (Å²) in [6, 6.07) is 14.2. The number of thiazole rings is 1. The Morgan fingerprint density at radius 1 is 1.15 bits per heavy atom. The molecule has 0 radical (unpaired) electrons. The van der Waals surface area contributed by atoms with E-state index in [0.717, 1.165) is 11.1 Å². The van der Waals surface area contributed by atoms with E-state index in [1.54, 1.807) is 36.8 Å². The van der Waals surface area contributed by atoms with Crippen LogP contribution in [-0.2, 0) is 9.53 Å². The van der Waals surface area contributed by atoms with Crippen LogP contribution in [0.5, 0.6) is 11.5 Å². The van der Waals surface area contributed by atoms with Crippen molar-refractivity contribution in [2.45, 2.75) is 19.9 Å². The monoisotopic (exact) mass is 464 g/mol. The van der Waals surface area contributed by atoms with Gasteiger partial charge >= 0.3 is 5.97 Å². The number of carbonyl (C=O) groups is 1. The number of hydrogen-bond donors (Lipinski definition) is 0. The van der Waals surface area contributed by atoms with Crippen molar-refractivity contribution in [1.29, 1.82) is 0 Å². The van der Waals surface area contributed by atoms with Crippen LogP contribution in [-0.4, -0.2) is 31.4 Å². The summed E-state index contributed by atoms with van der Waals surface area (Å²) in [6.45, 7) is 4.19. The van der Waals surface area contributed by atoms with Crippen LogP contribution in [0.25, 0.3) is 6.08 Å². The number of fused-ring (bicyclic) bond motifs is 1. The number of methoxy groups -OCH3 is 2. The molecule has 2 aromatic carbocycles. The summed E-state index contributed by atoms with van der Waals surface area (Å²) in [5.41, 5.74) is 2.17. The maximum Gasteiger partial charge on any atom is 0.338 e. The topological polar surface area (TPSA) is 79.1 Å². The second kappa shape index (κ2) is 9.46. The van der Waals surface area contributed by atoms with Crippen molar-refractivity contribution < 1.29 is 19.0 Å². The van der Waals surface area contributed by atoms with Crippen LogP contribution in [0.15, 0.2) is 69.6 Å². The van der Waals surface area contributed by atoms with Gasteiger partial charge in [-0.2, -0.15) is 0 Å². The highest BCUT2D eigenvalue weighted by atomic mass is 32.1. The van der Waals surface area contributed by atoms with E-state index < -0.39 is 12.0 Å². The molecule has 1 aromatic heterocycles. The molecule has 2 heterocycles. The van der Waals surface area contributed by atoms with Gasteiger partial charge in [0.2, 0.25) is 0 Å². The quantitative estimate of drug-likeness (QED) is 0.524. The van der Waals surface area contributed by atoms with Crippen molar-refractivity contribution in [3.05, 3.63) is 90.6 Å². The van der Waals surface area contributed by atoms with E-state index in [9.17, 15) is 9.59 Å². The highest BCUT2D eigenvalue weighted by molar-refractivity contribution is 7.07. The fourth-order valence-electron chi connectivity index (χ4n) is 3.82. The van der Waals surface area contributed by atoms with Crippen molar-refractivity contribution in [2.24, 2.45) is 4.99 Å². The first kappa shape index (κ1) is 22.5. The lowest BCUT2D eigenvalue weighted by Gasteiger charge is -2.24. The van der Waals surface area contributed by atoms with Crippen LogP contribution in [0.2, 0.25) is 0 Å². The molecular weight excluding hydrogens is 440 g/mol. The Labute approximate surface area is 194 Å². The van der Waals surface area contributed by atoms with E-state index in [4.69, 9.17) is 14.2 Å². The number of allylic oxidation sites excluding steroid dienone is 1. The molecule has 0 bridgehead atoms. The number of para-hydroxylation sites is 1. The molecule has 1 aliphatic rings. The number of ether oxygens (including phenoxy) is 3. The third-order valence-corrected chi connectivity index (χ3v) is 6.35. The molecule has 0 N–H and O–H groups in total. The number of nitrogens with zero attached hydrogens (tertiary/aromatic N) is 2. The summed E-state index contributed by atoms with van der Waals surface area (Å²) >= 11 is 1.28. The smallest absolute Gasteiger partial charge is 0.338 e. The third-order valence-electron chi connectivity index (χ3n) is 5.36. The van der Waals surface area contributed by atoms with Gasteiger partial charge in [0.25, 0.3) is 5.56 Å². The molecule has 4 rings (SSSR count). The zero-order chi connectivity index (χ0) is 23.5. The molecule has 33 heavy (non-hydrogen) atoms. The van der Waals surface area contributed by atoms with Crippen LogP contribution in [0.1, 0.15) is 31.0 Å². The second-order valence-corrected chi connectivity index (χ2v) is 8.33. The number of rotatable bonds is 6. The Bertz CT molecular complexity index is 1400. The number of carbonyl (C=O) groups excluding carboxylic acids is 1. The van der Waals surface area contributed by atoms with Gasteiger partial charge in [-0.1, -0.05) is 41.7 Å². The van der Waals surface area contributed by atoms with E-state index in [-0.39, 0.29) is 5.56 Å². The molecule has 0 amide bonds. The van der Waals surface area contributed by atoms with E-state index in [2.05, 4.69) is 4.99 Å². The average molecular weight is 465 g/mol. The van der Waals surface area contributed by atoms with Gasteiger partial charge in [0.05, 0.1) is 42.7 Å². The fraction of sp³-hybridized carbons (Fsp3) is 0.240. The van der Waals surface area contributed by atoms with Gasteiger partial charge in [-0.25, -0.2) is 9.79 Å². The molecule has 1 unspecified atom stereocenters. The third kappa shape index (κ3) is 4.21. The van der Waals surface area contributed by atoms with Crippen LogP contribution in [0.3, 0.4) is 0 Å². The van der Waals surface area contributed by atoms with Crippen molar-refractivity contribution in [3.63, 3.8) is 0 Å². The van der Waals surface area contributed by atoms with Crippen LogP contribution in [0, 0.1) is 0 Å². The highest BCUT2D eigenvalue weighted by Crippen LogP contribution is 2.31. The molecule has 0 fully saturated rings. The normalized spacial score (nSPS) is 15.6. The first-order chi connectivity index (χ1) is 16.0. The molecule has 1 atom stereocenters. The number of benzene rings is 2. The highest BCUT2D eigenvalue weighted by Gasteiger charge is 2.33. The zero-order valence-electron chi connectivity index (χ0n) is 18.8. The maximum absolute atomic E-state index is 13.6. The van der Waals surface area contributed by atoms with Crippen molar-refractivity contribution in [2.75, 3.05) is 20.8 Å². The number of esters is 1. The minimum Gasteiger partial charge on any atom is -0.497 e. The lowest BCUT2D eigenvalue weighted by atomic mass is 9.96. The Hall–Kier alpha value is -3.65. The van der Waals surface area contributed by atoms with E-state index in [1.165, 1.54) is 18.4 Å². The van der Waals surface area contributed by atoms with E-state index >= 15 is 0 Å². The predicted molar refractivity (Wildman–Crippen MR) is 126 cm³/mol. The summed E-state index contributed by atoms with van der Waals surface area (Å²) in [6.07, 6.45) is 1.80. The van der Waals surface area contributed by atoms with Crippen molar-refractivity contribution >= 4 is 23.4 Å². The average Bonchev–Trinajstić information content (AvgIpc) is 3.13. The second-order valence-electron chi connectivity index (χ2n) is 7.32. The van der Waals surface area contributed by atoms with Gasteiger partial charge in [0.1, 0.15) is 11.5 Å². The molecule has 0 spiro atoms. The summed E-state index contributed by atoms with van der Waals surface area (Å²) in [4.78, 5) is 31.4. The molecular formula is C25H24N2O5S. The SMILES string of the molecule is CCOc1ccccc1C=c1sc2n(c1=O)C(c1ccc(OC)cc1)C(C(=O)OC)=C(C)N=2. The number of hydrogen-bond acceptors (Lipinski definition) is 7. The Morgan fingerprint density at radius 3 is 2.55 bits per heavy atom. The van der Waals surface area contributed by atoms with E-state index in [1.807, 2.05) is 43.3 Å². The molecule has 170 valence electrons. The largest absolute Gasteiger partial charge is 0.497 e. The van der Waals surface area contributed by atoms with Gasteiger partial charge in [-0.3, -0.25) is 9.36 Å². The van der Waals surface area contributed by atoms with Gasteiger partial charge in [0.15, 0.2) is 4.80 Å². The van der Waals surface area contributed by atoms with Crippen LogP contribution < -0.4 is 24.4 Å². The molecule has 0 saturated carbocycles. The molecule has 1 aliphatic heterocycles. The molecule has 3 aromatic rings. The number of aromatic nitrogens is 1. The van der Waals surface area contributed by atoms with Crippen LogP contribution >= 0.6 is 11.3 Å². The standard InChI is InChI=1S/C25H24N2O5S/c1-5-32-19-9-7-6-8-17(19)14-20-23(28)27-22(16-10-12-18(30-3)13-11-16)21(24(29)31-4)15(2)26-25(27)33-20/h6-14,22H,5H2,1-4H3. The summed E-state index contributed by atoms with van der Waals surface area (Å²) in [5, 5.41) is 0. The Morgan fingerprint density at radius 2 is 1.88 bits per heavy atom. The van der Waals surface area contributed by atoms with Crippen LogP contribution in [0.4, 0.5) is 0 Å². The zero-order valence-corrected chi connectivity index (χ0v) is 19.6.